The molecule has 2 N–H and O–H groups in total. The first-order valence-electron chi connectivity index (χ1n) is 8.91. The largest absolute Gasteiger partial charge is 0.381 e. The summed E-state index contributed by atoms with van der Waals surface area (Å²) in [6.45, 7) is 3.90. The van der Waals surface area contributed by atoms with Gasteiger partial charge in [-0.15, -0.1) is 0 Å². The molecule has 2 atom stereocenters. The number of urea groups is 1. The molecule has 1 saturated heterocycles. The molecule has 0 spiro atoms. The lowest BCUT2D eigenvalue weighted by molar-refractivity contribution is 0.107. The number of piperidine rings is 1. The zero-order chi connectivity index (χ0) is 16.9. The molecule has 0 unspecified atom stereocenters. The van der Waals surface area contributed by atoms with Crippen LogP contribution in [0.3, 0.4) is 0 Å². The van der Waals surface area contributed by atoms with Gasteiger partial charge >= 0.3 is 6.03 Å². The van der Waals surface area contributed by atoms with Crippen molar-refractivity contribution in [3.63, 3.8) is 0 Å². The van der Waals surface area contributed by atoms with Crippen LogP contribution in [0.1, 0.15) is 37.7 Å². The van der Waals surface area contributed by atoms with E-state index in [-0.39, 0.29) is 18.1 Å². The van der Waals surface area contributed by atoms with Gasteiger partial charge in [0.2, 0.25) is 0 Å². The van der Waals surface area contributed by atoms with Crippen molar-refractivity contribution in [2.24, 2.45) is 0 Å². The Labute approximate surface area is 144 Å². The number of aryl methyl sites for hydroxylation is 1. The Morgan fingerprint density at radius 3 is 2.54 bits per heavy atom. The average molecular weight is 332 g/mol. The van der Waals surface area contributed by atoms with Gasteiger partial charge in [-0.05, 0) is 50.7 Å². The third-order valence-corrected chi connectivity index (χ3v) is 5.10. The number of hydrogen-bond acceptors (Lipinski definition) is 4. The molecular weight excluding hydrogens is 304 g/mol. The molecule has 0 bridgehead atoms. The maximum atomic E-state index is 12.2. The van der Waals surface area contributed by atoms with Crippen LogP contribution in [0.5, 0.6) is 0 Å². The molecule has 3 rings (SSSR count). The van der Waals surface area contributed by atoms with E-state index in [1.807, 2.05) is 13.1 Å². The van der Waals surface area contributed by atoms with Crippen molar-refractivity contribution >= 4 is 11.8 Å². The van der Waals surface area contributed by atoms with Crippen molar-refractivity contribution in [3.8, 4) is 0 Å². The summed E-state index contributed by atoms with van der Waals surface area (Å²) < 4.78 is 5.35. The van der Waals surface area contributed by atoms with Crippen molar-refractivity contribution in [1.82, 2.24) is 15.6 Å². The quantitative estimate of drug-likeness (QED) is 0.887. The third kappa shape index (κ3) is 4.38. The lowest BCUT2D eigenvalue weighted by Gasteiger charge is -2.33. The van der Waals surface area contributed by atoms with Crippen LogP contribution < -0.4 is 15.5 Å². The second-order valence-electron chi connectivity index (χ2n) is 6.94. The smallest absolute Gasteiger partial charge is 0.315 e. The number of nitrogens with zero attached hydrogens (tertiary/aromatic N) is 2. The van der Waals surface area contributed by atoms with Crippen molar-refractivity contribution in [1.29, 1.82) is 0 Å². The molecule has 2 aliphatic rings. The van der Waals surface area contributed by atoms with Gasteiger partial charge in [-0.1, -0.05) is 6.07 Å². The van der Waals surface area contributed by atoms with Crippen LogP contribution in [-0.2, 0) is 4.74 Å². The molecule has 6 heteroatoms. The van der Waals surface area contributed by atoms with E-state index in [2.05, 4.69) is 32.7 Å². The maximum Gasteiger partial charge on any atom is 0.315 e. The number of ether oxygens (including phenoxy) is 1. The Morgan fingerprint density at radius 2 is 1.92 bits per heavy atom. The molecule has 2 heterocycles. The maximum absolute atomic E-state index is 12.2. The van der Waals surface area contributed by atoms with Gasteiger partial charge in [0.1, 0.15) is 5.82 Å². The summed E-state index contributed by atoms with van der Waals surface area (Å²) >= 11 is 0. The Hall–Kier alpha value is -1.82. The second-order valence-corrected chi connectivity index (χ2v) is 6.94. The Balaban J connectivity index is 1.40. The number of carbonyl (C=O) groups excluding carboxylic acids is 1. The van der Waals surface area contributed by atoms with E-state index in [0.29, 0.717) is 6.10 Å². The molecule has 1 aromatic rings. The van der Waals surface area contributed by atoms with E-state index < -0.39 is 0 Å². The minimum absolute atomic E-state index is 0.0383. The summed E-state index contributed by atoms with van der Waals surface area (Å²) in [6.07, 6.45) is 7.06. The highest BCUT2D eigenvalue weighted by molar-refractivity contribution is 5.74. The standard InChI is InChI=1S/C18H28N4O2/c1-13-3-6-17(19-12-13)22-9-7-14(8-10-22)20-18(23)21-15-4-5-16(11-15)24-2/h3,6,12,14-16H,4-5,7-11H2,1-2H3,(H2,20,21,23)/t15-,16-/m0/s1. The van der Waals surface area contributed by atoms with Crippen LogP contribution in [0.15, 0.2) is 18.3 Å². The molecule has 2 fully saturated rings. The Morgan fingerprint density at radius 1 is 1.17 bits per heavy atom. The molecule has 24 heavy (non-hydrogen) atoms. The monoisotopic (exact) mass is 332 g/mol. The fraction of sp³-hybridized carbons (Fsp3) is 0.667. The van der Waals surface area contributed by atoms with E-state index in [0.717, 1.165) is 51.0 Å². The van der Waals surface area contributed by atoms with E-state index in [4.69, 9.17) is 4.74 Å². The predicted octanol–water partition coefficient (Wildman–Crippen LogP) is 2.23. The molecule has 1 saturated carbocycles. The number of amides is 2. The van der Waals surface area contributed by atoms with Crippen LogP contribution in [-0.4, -0.2) is 49.4 Å². The predicted molar refractivity (Wildman–Crippen MR) is 94.3 cm³/mol. The van der Waals surface area contributed by atoms with Crippen LogP contribution in [0, 0.1) is 6.92 Å². The van der Waals surface area contributed by atoms with Crippen LogP contribution >= 0.6 is 0 Å². The number of rotatable bonds is 4. The molecule has 1 aliphatic heterocycles. The molecule has 0 radical (unpaired) electrons. The van der Waals surface area contributed by atoms with Crippen molar-refractivity contribution in [2.75, 3.05) is 25.1 Å². The van der Waals surface area contributed by atoms with Crippen LogP contribution in [0.2, 0.25) is 0 Å². The third-order valence-electron chi connectivity index (χ3n) is 5.10. The number of methoxy groups -OCH3 is 1. The first-order valence-corrected chi connectivity index (χ1v) is 8.91. The first kappa shape index (κ1) is 17.0. The molecule has 6 nitrogen and oxygen atoms in total. The van der Waals surface area contributed by atoms with Crippen molar-refractivity contribution in [3.05, 3.63) is 23.9 Å². The van der Waals surface area contributed by atoms with Gasteiger partial charge in [0.25, 0.3) is 0 Å². The molecule has 1 aliphatic carbocycles. The van der Waals surface area contributed by atoms with Crippen LogP contribution in [0.25, 0.3) is 0 Å². The van der Waals surface area contributed by atoms with Gasteiger partial charge in [0.05, 0.1) is 6.10 Å². The summed E-state index contributed by atoms with van der Waals surface area (Å²) in [5.41, 5.74) is 1.18. The number of carbonyl (C=O) groups is 1. The number of nitrogens with one attached hydrogen (secondary N) is 2. The Bertz CT molecular complexity index is 540. The normalized spacial score (nSPS) is 24.8. The molecule has 0 aromatic carbocycles. The van der Waals surface area contributed by atoms with Gasteiger partial charge in [0, 0.05) is 38.5 Å². The Kier molecular flexibility index (Phi) is 5.56. The lowest BCUT2D eigenvalue weighted by atomic mass is 10.1. The first-order chi connectivity index (χ1) is 11.6. The molecular formula is C18H28N4O2. The van der Waals surface area contributed by atoms with Gasteiger partial charge in [-0.3, -0.25) is 0 Å². The summed E-state index contributed by atoms with van der Waals surface area (Å²) in [4.78, 5) is 18.9. The number of anilines is 1. The second kappa shape index (κ2) is 7.83. The summed E-state index contributed by atoms with van der Waals surface area (Å²) in [5.74, 6) is 1.03. The summed E-state index contributed by atoms with van der Waals surface area (Å²) in [7, 11) is 1.74. The minimum atomic E-state index is -0.0383. The van der Waals surface area contributed by atoms with E-state index in [9.17, 15) is 4.79 Å². The average Bonchev–Trinajstić information content (AvgIpc) is 3.04. The van der Waals surface area contributed by atoms with E-state index in [1.54, 1.807) is 7.11 Å². The van der Waals surface area contributed by atoms with Gasteiger partial charge < -0.3 is 20.3 Å². The SMILES string of the molecule is CO[C@H]1CC[C@H](NC(=O)NC2CCN(c3ccc(C)cn3)CC2)C1. The zero-order valence-electron chi connectivity index (χ0n) is 14.6. The lowest BCUT2D eigenvalue weighted by Crippen LogP contribution is -2.50. The number of aromatic nitrogens is 1. The highest BCUT2D eigenvalue weighted by atomic mass is 16.5. The minimum Gasteiger partial charge on any atom is -0.381 e. The number of hydrogen-bond donors (Lipinski definition) is 2. The number of pyridine rings is 1. The summed E-state index contributed by atoms with van der Waals surface area (Å²) in [5, 5.41) is 6.21. The van der Waals surface area contributed by atoms with Crippen molar-refractivity contribution in [2.45, 2.75) is 57.2 Å². The fourth-order valence-electron chi connectivity index (χ4n) is 3.60. The molecule has 1 aromatic heterocycles. The highest BCUT2D eigenvalue weighted by Gasteiger charge is 2.27. The molecule has 132 valence electrons. The fourth-order valence-corrected chi connectivity index (χ4v) is 3.60. The van der Waals surface area contributed by atoms with E-state index >= 15 is 0 Å². The van der Waals surface area contributed by atoms with Crippen molar-refractivity contribution < 1.29 is 9.53 Å². The topological polar surface area (TPSA) is 66.5 Å². The van der Waals surface area contributed by atoms with Crippen LogP contribution in [0.4, 0.5) is 10.6 Å². The van der Waals surface area contributed by atoms with Gasteiger partial charge in [0.15, 0.2) is 0 Å². The van der Waals surface area contributed by atoms with Gasteiger partial charge in [-0.25, -0.2) is 9.78 Å². The van der Waals surface area contributed by atoms with Gasteiger partial charge in [-0.2, -0.15) is 0 Å². The zero-order valence-corrected chi connectivity index (χ0v) is 14.6. The summed E-state index contributed by atoms with van der Waals surface area (Å²) in [6, 6.07) is 4.61. The highest BCUT2D eigenvalue weighted by Crippen LogP contribution is 2.21. The van der Waals surface area contributed by atoms with E-state index in [1.165, 1.54) is 5.56 Å². The molecule has 2 amide bonds.